The van der Waals surface area contributed by atoms with Crippen molar-refractivity contribution in [3.05, 3.63) is 72.9 Å². The van der Waals surface area contributed by atoms with Crippen LogP contribution in [-0.4, -0.2) is 24.3 Å². The van der Waals surface area contributed by atoms with E-state index in [1.165, 1.54) is 10.5 Å². The minimum absolute atomic E-state index is 0.0961. The van der Waals surface area contributed by atoms with Gasteiger partial charge in [-0.25, -0.2) is 9.97 Å². The van der Waals surface area contributed by atoms with Gasteiger partial charge in [0.15, 0.2) is 0 Å². The number of aryl methyl sites for hydroxylation is 1. The first-order valence-electron chi connectivity index (χ1n) is 7.48. The third-order valence-corrected chi connectivity index (χ3v) is 4.26. The molecule has 0 radical (unpaired) electrons. The van der Waals surface area contributed by atoms with Crippen LogP contribution in [0.15, 0.2) is 34.0 Å². The Balaban J connectivity index is 1.64. The molecule has 1 N–H and O–H groups in total. The number of hydrogen-bond donors (Lipinski definition) is 1. The highest BCUT2D eigenvalue weighted by atomic mass is 35.5. The van der Waals surface area contributed by atoms with Gasteiger partial charge in [-0.05, 0) is 19.1 Å². The predicted octanol–water partition coefficient (Wildman–Crippen LogP) is 1.26. The molecule has 0 spiro atoms. The number of halogens is 1. The van der Waals surface area contributed by atoms with E-state index in [1.54, 1.807) is 25.3 Å². The normalized spacial score (nSPS) is 14.2. The Morgan fingerprint density at radius 1 is 1.25 bits per heavy atom. The van der Waals surface area contributed by atoms with Crippen LogP contribution in [0, 0.1) is 6.92 Å². The Morgan fingerprint density at radius 3 is 2.92 bits per heavy atom. The first-order valence-corrected chi connectivity index (χ1v) is 7.86. The van der Waals surface area contributed by atoms with Crippen molar-refractivity contribution < 1.29 is 0 Å². The summed E-state index contributed by atoms with van der Waals surface area (Å²) in [5, 5.41) is 0.481. The van der Waals surface area contributed by atoms with Crippen molar-refractivity contribution >= 4 is 17.2 Å². The summed E-state index contributed by atoms with van der Waals surface area (Å²) < 4.78 is 1.42. The number of fused-ring (bicyclic) bond motifs is 2. The number of nitrogens with zero attached hydrogens (tertiary/aromatic N) is 4. The smallest absolute Gasteiger partial charge is 0.258 e. The third-order valence-electron chi connectivity index (χ3n) is 4.04. The molecule has 24 heavy (non-hydrogen) atoms. The minimum Gasteiger partial charge on any atom is -0.310 e. The summed E-state index contributed by atoms with van der Waals surface area (Å²) >= 11 is 5.91. The molecule has 7 nitrogen and oxygen atoms in total. The average molecular weight is 344 g/mol. The minimum atomic E-state index is -0.180. The molecular formula is C16H14ClN5O2. The predicted molar refractivity (Wildman–Crippen MR) is 89.0 cm³/mol. The summed E-state index contributed by atoms with van der Waals surface area (Å²) in [6.07, 6.45) is 1.55. The largest absolute Gasteiger partial charge is 0.310 e. The number of H-pyrrole nitrogens is 1. The fraction of sp³-hybridized carbons (Fsp3) is 0.250. The lowest BCUT2D eigenvalue weighted by Crippen LogP contribution is -2.22. The van der Waals surface area contributed by atoms with Gasteiger partial charge in [-0.15, -0.1) is 0 Å². The summed E-state index contributed by atoms with van der Waals surface area (Å²) in [4.78, 5) is 37.9. The first kappa shape index (κ1) is 15.0. The van der Waals surface area contributed by atoms with Gasteiger partial charge in [0.05, 0.1) is 22.0 Å². The quantitative estimate of drug-likeness (QED) is 0.757. The number of pyridine rings is 1. The molecule has 122 valence electrons. The standard InChI is InChI=1S/C16H14ClN5O2/c1-9-18-13-8-21(7-12(13)16(24)19-9)6-11-4-15(23)22-5-10(17)2-3-14(22)20-11/h2-5H,6-8H2,1H3,(H,18,19,24). The van der Waals surface area contributed by atoms with E-state index >= 15 is 0 Å². The second kappa shape index (κ2) is 5.54. The maximum absolute atomic E-state index is 12.2. The van der Waals surface area contributed by atoms with E-state index in [9.17, 15) is 9.59 Å². The monoisotopic (exact) mass is 343 g/mol. The van der Waals surface area contributed by atoms with Gasteiger partial charge in [-0.3, -0.25) is 18.9 Å². The van der Waals surface area contributed by atoms with Gasteiger partial charge >= 0.3 is 0 Å². The van der Waals surface area contributed by atoms with E-state index in [2.05, 4.69) is 15.0 Å². The van der Waals surface area contributed by atoms with Crippen LogP contribution in [0.5, 0.6) is 0 Å². The van der Waals surface area contributed by atoms with Crippen molar-refractivity contribution in [2.24, 2.45) is 0 Å². The summed E-state index contributed by atoms with van der Waals surface area (Å²) in [7, 11) is 0. The van der Waals surface area contributed by atoms with Gasteiger partial charge < -0.3 is 4.98 Å². The van der Waals surface area contributed by atoms with Crippen LogP contribution in [-0.2, 0) is 19.6 Å². The number of aromatic nitrogens is 4. The van der Waals surface area contributed by atoms with E-state index < -0.39 is 0 Å². The van der Waals surface area contributed by atoms with Gasteiger partial charge in [0.25, 0.3) is 11.1 Å². The fourth-order valence-electron chi connectivity index (χ4n) is 3.00. The summed E-state index contributed by atoms with van der Waals surface area (Å²) in [6, 6.07) is 4.90. The zero-order valence-electron chi connectivity index (χ0n) is 12.9. The molecule has 0 saturated heterocycles. The van der Waals surface area contributed by atoms with Crippen LogP contribution in [0.1, 0.15) is 22.8 Å². The fourth-order valence-corrected chi connectivity index (χ4v) is 3.16. The zero-order chi connectivity index (χ0) is 16.8. The van der Waals surface area contributed by atoms with E-state index in [-0.39, 0.29) is 11.1 Å². The van der Waals surface area contributed by atoms with Crippen molar-refractivity contribution in [1.29, 1.82) is 0 Å². The van der Waals surface area contributed by atoms with Crippen molar-refractivity contribution in [3.63, 3.8) is 0 Å². The Bertz CT molecular complexity index is 1070. The van der Waals surface area contributed by atoms with Gasteiger partial charge in [0, 0.05) is 31.9 Å². The molecule has 8 heteroatoms. The molecule has 3 aromatic heterocycles. The molecule has 0 saturated carbocycles. The average Bonchev–Trinajstić information content (AvgIpc) is 2.91. The van der Waals surface area contributed by atoms with Crippen LogP contribution >= 0.6 is 11.6 Å². The van der Waals surface area contributed by atoms with E-state index in [1.807, 2.05) is 4.90 Å². The Kier molecular flexibility index (Phi) is 3.47. The van der Waals surface area contributed by atoms with Gasteiger partial charge in [0.1, 0.15) is 11.5 Å². The molecule has 0 amide bonds. The molecule has 4 rings (SSSR count). The SMILES string of the molecule is Cc1nc2c(c(=O)[nH]1)CN(Cc1cc(=O)n3cc(Cl)ccc3n1)C2. The Hall–Kier alpha value is -2.51. The zero-order valence-corrected chi connectivity index (χ0v) is 13.7. The van der Waals surface area contributed by atoms with Gasteiger partial charge in [-0.1, -0.05) is 11.6 Å². The van der Waals surface area contributed by atoms with Crippen molar-refractivity contribution in [3.8, 4) is 0 Å². The molecule has 0 aromatic carbocycles. The lowest BCUT2D eigenvalue weighted by Gasteiger charge is -2.13. The van der Waals surface area contributed by atoms with Crippen molar-refractivity contribution in [2.75, 3.05) is 0 Å². The highest BCUT2D eigenvalue weighted by molar-refractivity contribution is 6.30. The van der Waals surface area contributed by atoms with Gasteiger partial charge in [0.2, 0.25) is 0 Å². The molecule has 0 unspecified atom stereocenters. The summed E-state index contributed by atoms with van der Waals surface area (Å²) in [6.45, 7) is 3.31. The number of aromatic amines is 1. The number of hydrogen-bond acceptors (Lipinski definition) is 5. The Labute approximate surface area is 141 Å². The first-order chi connectivity index (χ1) is 11.5. The van der Waals surface area contributed by atoms with Crippen LogP contribution in [0.3, 0.4) is 0 Å². The Morgan fingerprint density at radius 2 is 2.08 bits per heavy atom. The van der Waals surface area contributed by atoms with Crippen LogP contribution in [0.2, 0.25) is 5.02 Å². The summed E-state index contributed by atoms with van der Waals surface area (Å²) in [5.74, 6) is 0.611. The van der Waals surface area contributed by atoms with Crippen LogP contribution < -0.4 is 11.1 Å². The molecule has 0 bridgehead atoms. The topological polar surface area (TPSA) is 83.4 Å². The molecular weight excluding hydrogens is 330 g/mol. The second-order valence-electron chi connectivity index (χ2n) is 5.88. The lowest BCUT2D eigenvalue weighted by molar-refractivity contribution is 0.270. The van der Waals surface area contributed by atoms with Gasteiger partial charge in [-0.2, -0.15) is 0 Å². The summed E-state index contributed by atoms with van der Waals surface area (Å²) in [5.41, 5.74) is 2.40. The maximum atomic E-state index is 12.2. The molecule has 1 aliphatic heterocycles. The molecule has 4 heterocycles. The van der Waals surface area contributed by atoms with Crippen molar-refractivity contribution in [2.45, 2.75) is 26.6 Å². The number of nitrogens with one attached hydrogen (secondary N) is 1. The highest BCUT2D eigenvalue weighted by Gasteiger charge is 2.24. The molecule has 1 aliphatic rings. The molecule has 0 fully saturated rings. The molecule has 0 aliphatic carbocycles. The molecule has 0 atom stereocenters. The van der Waals surface area contributed by atoms with E-state index in [0.717, 1.165) is 5.69 Å². The maximum Gasteiger partial charge on any atom is 0.258 e. The van der Waals surface area contributed by atoms with Crippen LogP contribution in [0.4, 0.5) is 0 Å². The van der Waals surface area contributed by atoms with Crippen LogP contribution in [0.25, 0.3) is 5.65 Å². The van der Waals surface area contributed by atoms with E-state index in [4.69, 9.17) is 11.6 Å². The third kappa shape index (κ3) is 2.61. The highest BCUT2D eigenvalue weighted by Crippen LogP contribution is 2.19. The van der Waals surface area contributed by atoms with E-state index in [0.29, 0.717) is 47.4 Å². The second-order valence-corrected chi connectivity index (χ2v) is 6.32. The van der Waals surface area contributed by atoms with Crippen molar-refractivity contribution in [1.82, 2.24) is 24.3 Å². The number of rotatable bonds is 2. The molecule has 3 aromatic rings. The lowest BCUT2D eigenvalue weighted by atomic mass is 10.3.